The molecule has 0 spiro atoms. The highest BCUT2D eigenvalue weighted by atomic mass is 19.4. The lowest BCUT2D eigenvalue weighted by molar-refractivity contribution is -0.140. The van der Waals surface area contributed by atoms with Crippen molar-refractivity contribution in [2.45, 2.75) is 26.1 Å². The summed E-state index contributed by atoms with van der Waals surface area (Å²) in [5.74, 6) is -1.22. The third kappa shape index (κ3) is 3.32. The van der Waals surface area contributed by atoms with Gasteiger partial charge >= 0.3 is 6.18 Å². The first-order valence-electron chi connectivity index (χ1n) is 5.45. The lowest BCUT2D eigenvalue weighted by Gasteiger charge is -2.17. The number of nitrogens with one attached hydrogen (secondary N) is 1. The molecule has 0 aliphatic rings. The van der Waals surface area contributed by atoms with Crippen molar-refractivity contribution >= 4 is 0 Å². The zero-order chi connectivity index (χ0) is 13.9. The quantitative estimate of drug-likeness (QED) is 0.638. The van der Waals surface area contributed by atoms with Gasteiger partial charge in [0, 0.05) is 5.56 Å². The molecule has 5 heteroatoms. The summed E-state index contributed by atoms with van der Waals surface area (Å²) in [6, 6.07) is 2.74. The molecule has 1 unspecified atom stereocenters. The minimum absolute atomic E-state index is 0.00600. The summed E-state index contributed by atoms with van der Waals surface area (Å²) in [5, 5.41) is 2.79. The van der Waals surface area contributed by atoms with E-state index in [1.54, 1.807) is 27.0 Å². The Labute approximate surface area is 104 Å². The smallest absolute Gasteiger partial charge is 0.310 e. The molecule has 0 saturated heterocycles. The second kappa shape index (κ2) is 5.52. The highest BCUT2D eigenvalue weighted by molar-refractivity contribution is 5.32. The number of benzene rings is 1. The van der Waals surface area contributed by atoms with Crippen LogP contribution in [0.15, 0.2) is 29.8 Å². The van der Waals surface area contributed by atoms with Gasteiger partial charge < -0.3 is 5.32 Å². The molecule has 0 fully saturated rings. The van der Waals surface area contributed by atoms with Crippen molar-refractivity contribution in [3.8, 4) is 0 Å². The van der Waals surface area contributed by atoms with Gasteiger partial charge in [-0.15, -0.1) is 0 Å². The monoisotopic (exact) mass is 261 g/mol. The van der Waals surface area contributed by atoms with Crippen LogP contribution in [0.25, 0.3) is 0 Å². The standard InChI is InChI=1S/C13H15F4N/c1-8(2)7-11(18-3)9-5-4-6-10(12(9)14)13(15,16)17/h4-7,11,18H,1-3H3. The van der Waals surface area contributed by atoms with Gasteiger partial charge in [0.25, 0.3) is 0 Å². The molecule has 1 rings (SSSR count). The van der Waals surface area contributed by atoms with E-state index in [2.05, 4.69) is 5.32 Å². The highest BCUT2D eigenvalue weighted by Gasteiger charge is 2.35. The first-order chi connectivity index (χ1) is 8.27. The molecule has 0 aromatic heterocycles. The lowest BCUT2D eigenvalue weighted by Crippen LogP contribution is -2.18. The molecule has 0 saturated carbocycles. The van der Waals surface area contributed by atoms with Crippen LogP contribution < -0.4 is 5.32 Å². The van der Waals surface area contributed by atoms with E-state index in [1.165, 1.54) is 12.1 Å². The van der Waals surface area contributed by atoms with E-state index in [1.807, 2.05) is 0 Å². The average molecular weight is 261 g/mol. The molecular weight excluding hydrogens is 246 g/mol. The molecule has 0 aliphatic heterocycles. The van der Waals surface area contributed by atoms with E-state index >= 15 is 0 Å². The third-order valence-electron chi connectivity index (χ3n) is 2.48. The van der Waals surface area contributed by atoms with E-state index in [9.17, 15) is 17.6 Å². The van der Waals surface area contributed by atoms with E-state index in [0.717, 1.165) is 11.6 Å². The fourth-order valence-electron chi connectivity index (χ4n) is 1.67. The third-order valence-corrected chi connectivity index (χ3v) is 2.48. The summed E-state index contributed by atoms with van der Waals surface area (Å²) in [7, 11) is 1.57. The molecule has 0 bridgehead atoms. The van der Waals surface area contributed by atoms with Gasteiger partial charge in [-0.2, -0.15) is 13.2 Å². The van der Waals surface area contributed by atoms with Gasteiger partial charge in [0.2, 0.25) is 0 Å². The van der Waals surface area contributed by atoms with Crippen molar-refractivity contribution < 1.29 is 17.6 Å². The van der Waals surface area contributed by atoms with Crippen LogP contribution in [0.3, 0.4) is 0 Å². The Balaban J connectivity index is 3.30. The SMILES string of the molecule is CNC(C=C(C)C)c1cccc(C(F)(F)F)c1F. The van der Waals surface area contributed by atoms with Crippen molar-refractivity contribution in [3.63, 3.8) is 0 Å². The Morgan fingerprint density at radius 2 is 1.89 bits per heavy atom. The molecule has 1 N–H and O–H groups in total. The van der Waals surface area contributed by atoms with Crippen LogP contribution >= 0.6 is 0 Å². The Kier molecular flexibility index (Phi) is 4.51. The summed E-state index contributed by atoms with van der Waals surface area (Å²) in [6.45, 7) is 3.60. The number of halogens is 4. The highest BCUT2D eigenvalue weighted by Crippen LogP contribution is 2.34. The maximum absolute atomic E-state index is 13.9. The van der Waals surface area contributed by atoms with Crippen LogP contribution in [0.1, 0.15) is 31.0 Å². The molecule has 1 atom stereocenters. The predicted molar refractivity (Wildman–Crippen MR) is 62.6 cm³/mol. The summed E-state index contributed by atoms with van der Waals surface area (Å²) in [6.07, 6.45) is -3.00. The predicted octanol–water partition coefficient (Wildman–Crippen LogP) is 4.07. The van der Waals surface area contributed by atoms with Crippen molar-refractivity contribution in [1.82, 2.24) is 5.32 Å². The first kappa shape index (κ1) is 14.7. The van der Waals surface area contributed by atoms with E-state index in [-0.39, 0.29) is 5.56 Å². The number of alkyl halides is 3. The Morgan fingerprint density at radius 3 is 2.33 bits per heavy atom. The average Bonchev–Trinajstić information content (AvgIpc) is 2.24. The van der Waals surface area contributed by atoms with Gasteiger partial charge in [-0.1, -0.05) is 23.8 Å². The van der Waals surface area contributed by atoms with E-state index in [0.29, 0.717) is 0 Å². The Hall–Kier alpha value is -1.36. The fourth-order valence-corrected chi connectivity index (χ4v) is 1.67. The molecule has 0 amide bonds. The van der Waals surface area contributed by atoms with Crippen LogP contribution in [0.2, 0.25) is 0 Å². The first-order valence-corrected chi connectivity index (χ1v) is 5.45. The number of hydrogen-bond acceptors (Lipinski definition) is 1. The number of likely N-dealkylation sites (N-methyl/N-ethyl adjacent to an activating group) is 1. The summed E-state index contributed by atoms with van der Waals surface area (Å²) >= 11 is 0. The van der Waals surface area contributed by atoms with Crippen LogP contribution in [-0.2, 0) is 6.18 Å². The molecule has 0 radical (unpaired) electrons. The van der Waals surface area contributed by atoms with Crippen LogP contribution in [0, 0.1) is 5.82 Å². The van der Waals surface area contributed by atoms with E-state index in [4.69, 9.17) is 0 Å². The van der Waals surface area contributed by atoms with Crippen molar-refractivity contribution in [1.29, 1.82) is 0 Å². The van der Waals surface area contributed by atoms with Crippen LogP contribution in [0.4, 0.5) is 17.6 Å². The molecule has 0 aliphatic carbocycles. The second-order valence-electron chi connectivity index (χ2n) is 4.22. The van der Waals surface area contributed by atoms with E-state index < -0.39 is 23.6 Å². The molecule has 0 heterocycles. The van der Waals surface area contributed by atoms with Gasteiger partial charge in [-0.05, 0) is 27.0 Å². The summed E-state index contributed by atoms with van der Waals surface area (Å²) < 4.78 is 51.6. The second-order valence-corrected chi connectivity index (χ2v) is 4.22. The van der Waals surface area contributed by atoms with Crippen molar-refractivity contribution in [3.05, 3.63) is 46.8 Å². The zero-order valence-corrected chi connectivity index (χ0v) is 10.4. The Bertz CT molecular complexity index is 445. The minimum Gasteiger partial charge on any atom is -0.310 e. The zero-order valence-electron chi connectivity index (χ0n) is 10.4. The number of allylic oxidation sites excluding steroid dienone is 1. The topological polar surface area (TPSA) is 12.0 Å². The molecule has 1 aromatic rings. The van der Waals surface area contributed by atoms with Gasteiger partial charge in [0.1, 0.15) is 5.82 Å². The van der Waals surface area contributed by atoms with Crippen LogP contribution in [0.5, 0.6) is 0 Å². The number of rotatable bonds is 3. The maximum atomic E-state index is 13.9. The fraction of sp³-hybridized carbons (Fsp3) is 0.385. The van der Waals surface area contributed by atoms with Gasteiger partial charge in [0.05, 0.1) is 11.6 Å². The van der Waals surface area contributed by atoms with Crippen LogP contribution in [-0.4, -0.2) is 7.05 Å². The van der Waals surface area contributed by atoms with Gasteiger partial charge in [-0.25, -0.2) is 4.39 Å². The molecule has 1 aromatic carbocycles. The minimum atomic E-state index is -4.68. The van der Waals surface area contributed by atoms with Gasteiger partial charge in [0.15, 0.2) is 0 Å². The lowest BCUT2D eigenvalue weighted by atomic mass is 10.0. The molecule has 100 valence electrons. The normalized spacial score (nSPS) is 13.3. The number of hydrogen-bond donors (Lipinski definition) is 1. The summed E-state index contributed by atoms with van der Waals surface area (Å²) in [4.78, 5) is 0. The van der Waals surface area contributed by atoms with Gasteiger partial charge in [-0.3, -0.25) is 0 Å². The summed E-state index contributed by atoms with van der Waals surface area (Å²) in [5.41, 5.74) is -0.345. The Morgan fingerprint density at radius 1 is 1.28 bits per heavy atom. The molecular formula is C13H15F4N. The maximum Gasteiger partial charge on any atom is 0.419 e. The van der Waals surface area contributed by atoms with Crippen molar-refractivity contribution in [2.75, 3.05) is 7.05 Å². The van der Waals surface area contributed by atoms with Crippen molar-refractivity contribution in [2.24, 2.45) is 0 Å². The molecule has 1 nitrogen and oxygen atoms in total. The largest absolute Gasteiger partial charge is 0.419 e. The molecule has 18 heavy (non-hydrogen) atoms.